The smallest absolute Gasteiger partial charge is 0.112 e. The maximum Gasteiger partial charge on any atom is 0.112 e. The Morgan fingerprint density at radius 1 is 1.41 bits per heavy atom. The van der Waals surface area contributed by atoms with E-state index in [0.717, 1.165) is 27.4 Å². The van der Waals surface area contributed by atoms with Crippen LogP contribution in [0.1, 0.15) is 15.6 Å². The molecule has 0 aliphatic heterocycles. The Balaban J connectivity index is 2.07. The number of aromatic nitrogens is 1. The number of nitrogens with one attached hydrogen (secondary N) is 1. The fraction of sp³-hybridized carbons (Fsp3) is 0.250. The van der Waals surface area contributed by atoms with Crippen LogP contribution in [0.2, 0.25) is 0 Å². The van der Waals surface area contributed by atoms with Crippen LogP contribution in [0.3, 0.4) is 0 Å². The molecule has 0 unspecified atom stereocenters. The SMILES string of the molecule is Cc1nc(CNc2ccc(I)cc2Br)sc1C. The molecule has 1 N–H and O–H groups in total. The molecule has 0 fully saturated rings. The van der Waals surface area contributed by atoms with Gasteiger partial charge in [0.1, 0.15) is 5.01 Å². The van der Waals surface area contributed by atoms with Crippen molar-refractivity contribution in [1.82, 2.24) is 4.98 Å². The molecule has 5 heteroatoms. The van der Waals surface area contributed by atoms with Gasteiger partial charge in [0.25, 0.3) is 0 Å². The molecule has 0 aliphatic rings. The van der Waals surface area contributed by atoms with Gasteiger partial charge in [0, 0.05) is 18.6 Å². The Labute approximate surface area is 127 Å². The summed E-state index contributed by atoms with van der Waals surface area (Å²) < 4.78 is 2.32. The van der Waals surface area contributed by atoms with E-state index in [2.05, 4.69) is 80.9 Å². The molecule has 0 aliphatic carbocycles. The summed E-state index contributed by atoms with van der Waals surface area (Å²) in [7, 11) is 0. The highest BCUT2D eigenvalue weighted by molar-refractivity contribution is 14.1. The minimum atomic E-state index is 0.776. The van der Waals surface area contributed by atoms with Crippen molar-refractivity contribution in [1.29, 1.82) is 0 Å². The molecule has 17 heavy (non-hydrogen) atoms. The molecule has 1 heterocycles. The summed E-state index contributed by atoms with van der Waals surface area (Å²) in [6.07, 6.45) is 0. The predicted molar refractivity (Wildman–Crippen MR) is 85.8 cm³/mol. The lowest BCUT2D eigenvalue weighted by atomic mass is 10.3. The third-order valence-corrected chi connectivity index (χ3v) is 4.83. The molecule has 1 aromatic carbocycles. The van der Waals surface area contributed by atoms with Crippen molar-refractivity contribution < 1.29 is 0 Å². The monoisotopic (exact) mass is 422 g/mol. The predicted octanol–water partition coefficient (Wildman–Crippen LogP) is 4.74. The van der Waals surface area contributed by atoms with Crippen molar-refractivity contribution in [3.8, 4) is 0 Å². The lowest BCUT2D eigenvalue weighted by Gasteiger charge is -2.06. The first-order chi connectivity index (χ1) is 8.06. The minimum absolute atomic E-state index is 0.776. The van der Waals surface area contributed by atoms with Gasteiger partial charge in [0.15, 0.2) is 0 Å². The Morgan fingerprint density at radius 2 is 2.18 bits per heavy atom. The average molecular weight is 423 g/mol. The first kappa shape index (κ1) is 13.3. The first-order valence-electron chi connectivity index (χ1n) is 5.18. The van der Waals surface area contributed by atoms with Gasteiger partial charge in [-0.2, -0.15) is 0 Å². The van der Waals surface area contributed by atoms with Crippen LogP contribution < -0.4 is 5.32 Å². The van der Waals surface area contributed by atoms with Gasteiger partial charge in [0.05, 0.1) is 12.2 Å². The molecule has 0 saturated carbocycles. The van der Waals surface area contributed by atoms with Crippen molar-refractivity contribution >= 4 is 55.5 Å². The minimum Gasteiger partial charge on any atom is -0.378 e. The summed E-state index contributed by atoms with van der Waals surface area (Å²) in [6, 6.07) is 6.27. The zero-order chi connectivity index (χ0) is 12.4. The summed E-state index contributed by atoms with van der Waals surface area (Å²) in [5.74, 6) is 0. The number of nitrogens with zero attached hydrogens (tertiary/aromatic N) is 1. The number of halogens is 2. The van der Waals surface area contributed by atoms with Gasteiger partial charge >= 0.3 is 0 Å². The molecule has 0 radical (unpaired) electrons. The molecule has 1 aromatic heterocycles. The molecular formula is C12H12BrIN2S. The van der Waals surface area contributed by atoms with E-state index in [1.807, 2.05) is 0 Å². The van der Waals surface area contributed by atoms with Crippen LogP contribution in [0.25, 0.3) is 0 Å². The first-order valence-corrected chi connectivity index (χ1v) is 7.87. The summed E-state index contributed by atoms with van der Waals surface area (Å²) in [5.41, 5.74) is 2.24. The molecule has 2 rings (SSSR count). The van der Waals surface area contributed by atoms with Crippen LogP contribution in [0.5, 0.6) is 0 Å². The van der Waals surface area contributed by atoms with Gasteiger partial charge < -0.3 is 5.32 Å². The second-order valence-electron chi connectivity index (χ2n) is 3.73. The lowest BCUT2D eigenvalue weighted by molar-refractivity contribution is 1.07. The summed E-state index contributed by atoms with van der Waals surface area (Å²) in [4.78, 5) is 5.81. The van der Waals surface area contributed by atoms with Crippen LogP contribution in [-0.2, 0) is 6.54 Å². The maximum atomic E-state index is 4.51. The van der Waals surface area contributed by atoms with Crippen molar-refractivity contribution in [3.05, 3.63) is 41.8 Å². The van der Waals surface area contributed by atoms with Gasteiger partial charge in [-0.15, -0.1) is 11.3 Å². The third-order valence-electron chi connectivity index (χ3n) is 2.43. The molecule has 90 valence electrons. The van der Waals surface area contributed by atoms with Crippen LogP contribution in [0.15, 0.2) is 22.7 Å². The molecule has 2 aromatic rings. The topological polar surface area (TPSA) is 24.9 Å². The second kappa shape index (κ2) is 5.67. The zero-order valence-corrected chi connectivity index (χ0v) is 14.1. The van der Waals surface area contributed by atoms with Crippen LogP contribution in [-0.4, -0.2) is 4.98 Å². The van der Waals surface area contributed by atoms with Gasteiger partial charge in [-0.3, -0.25) is 0 Å². The van der Waals surface area contributed by atoms with Crippen LogP contribution in [0.4, 0.5) is 5.69 Å². The molecule has 2 nitrogen and oxygen atoms in total. The molecule has 0 saturated heterocycles. The quantitative estimate of drug-likeness (QED) is 0.722. The number of hydrogen-bond donors (Lipinski definition) is 1. The highest BCUT2D eigenvalue weighted by atomic mass is 127. The van der Waals surface area contributed by atoms with Crippen molar-refractivity contribution in [2.45, 2.75) is 20.4 Å². The van der Waals surface area contributed by atoms with E-state index in [0.29, 0.717) is 0 Å². The van der Waals surface area contributed by atoms with Crippen molar-refractivity contribution in [3.63, 3.8) is 0 Å². The number of rotatable bonds is 3. The van der Waals surface area contributed by atoms with Gasteiger partial charge in [-0.1, -0.05) is 0 Å². The molecular weight excluding hydrogens is 411 g/mol. The fourth-order valence-electron chi connectivity index (χ4n) is 1.42. The zero-order valence-electron chi connectivity index (χ0n) is 9.55. The van der Waals surface area contributed by atoms with E-state index in [1.54, 1.807) is 11.3 Å². The highest BCUT2D eigenvalue weighted by Gasteiger charge is 2.05. The van der Waals surface area contributed by atoms with Crippen molar-refractivity contribution in [2.75, 3.05) is 5.32 Å². The summed E-state index contributed by atoms with van der Waals surface area (Å²) >= 11 is 7.61. The molecule has 0 amide bonds. The van der Waals surface area contributed by atoms with Crippen LogP contribution in [0, 0.1) is 17.4 Å². The van der Waals surface area contributed by atoms with E-state index in [4.69, 9.17) is 0 Å². The maximum absolute atomic E-state index is 4.51. The standard InChI is InChI=1S/C12H12BrIN2S/c1-7-8(2)17-12(16-7)6-15-11-4-3-9(14)5-10(11)13/h3-5,15H,6H2,1-2H3. The van der Waals surface area contributed by atoms with E-state index in [9.17, 15) is 0 Å². The van der Waals surface area contributed by atoms with E-state index >= 15 is 0 Å². The highest BCUT2D eigenvalue weighted by Crippen LogP contribution is 2.25. The number of benzene rings is 1. The normalized spacial score (nSPS) is 10.6. The number of aryl methyl sites for hydroxylation is 2. The Kier molecular flexibility index (Phi) is 4.43. The second-order valence-corrected chi connectivity index (χ2v) is 7.11. The number of anilines is 1. The number of hydrogen-bond acceptors (Lipinski definition) is 3. The third kappa shape index (κ3) is 3.42. The van der Waals surface area contributed by atoms with Gasteiger partial charge in [-0.05, 0) is 70.6 Å². The molecule has 0 bridgehead atoms. The average Bonchev–Trinajstić information content (AvgIpc) is 2.57. The Hall–Kier alpha value is -0.140. The van der Waals surface area contributed by atoms with Gasteiger partial charge in [0.2, 0.25) is 0 Å². The van der Waals surface area contributed by atoms with Crippen molar-refractivity contribution in [2.24, 2.45) is 0 Å². The fourth-order valence-corrected chi connectivity index (χ4v) is 3.73. The van der Waals surface area contributed by atoms with E-state index in [-0.39, 0.29) is 0 Å². The van der Waals surface area contributed by atoms with Gasteiger partial charge in [-0.25, -0.2) is 4.98 Å². The Bertz CT molecular complexity index is 520. The van der Waals surface area contributed by atoms with E-state index in [1.165, 1.54) is 8.45 Å². The van der Waals surface area contributed by atoms with E-state index < -0.39 is 0 Å². The molecule has 0 spiro atoms. The molecule has 0 atom stereocenters. The number of thiazole rings is 1. The van der Waals surface area contributed by atoms with Crippen LogP contribution >= 0.6 is 49.9 Å². The summed E-state index contributed by atoms with van der Waals surface area (Å²) in [6.45, 7) is 4.94. The largest absolute Gasteiger partial charge is 0.378 e. The summed E-state index contributed by atoms with van der Waals surface area (Å²) in [5, 5.41) is 4.52. The Morgan fingerprint density at radius 3 is 2.76 bits per heavy atom. The lowest BCUT2D eigenvalue weighted by Crippen LogP contribution is -1.99.